The van der Waals surface area contributed by atoms with E-state index in [1.165, 1.54) is 12.8 Å². The minimum atomic E-state index is 0.297. The Hall–Kier alpha value is -0.810. The minimum Gasteiger partial charge on any atom is -0.409 e. The molecule has 5 nitrogen and oxygen atoms in total. The number of amidine groups is 1. The van der Waals surface area contributed by atoms with E-state index >= 15 is 0 Å². The van der Waals surface area contributed by atoms with Crippen molar-refractivity contribution in [1.82, 2.24) is 4.90 Å². The van der Waals surface area contributed by atoms with Crippen molar-refractivity contribution in [2.75, 3.05) is 32.8 Å². The van der Waals surface area contributed by atoms with Crippen LogP contribution in [0.25, 0.3) is 0 Å². The number of piperidine rings is 1. The quantitative estimate of drug-likeness (QED) is 0.281. The van der Waals surface area contributed by atoms with Crippen LogP contribution in [0.3, 0.4) is 0 Å². The van der Waals surface area contributed by atoms with Crippen molar-refractivity contribution in [2.45, 2.75) is 12.8 Å². The van der Waals surface area contributed by atoms with Gasteiger partial charge in [-0.3, -0.25) is 4.90 Å². The second-order valence-electron chi connectivity index (χ2n) is 4.36. The Morgan fingerprint density at radius 3 is 2.50 bits per heavy atom. The van der Waals surface area contributed by atoms with Crippen molar-refractivity contribution in [3.63, 3.8) is 0 Å². The number of hydrogen-bond acceptors (Lipinski definition) is 4. The lowest BCUT2D eigenvalue weighted by atomic mass is 9.77. The summed E-state index contributed by atoms with van der Waals surface area (Å²) in [5.74, 6) is 0.297. The van der Waals surface area contributed by atoms with Crippen LogP contribution in [-0.4, -0.2) is 48.8 Å². The summed E-state index contributed by atoms with van der Waals surface area (Å²) >= 11 is 0. The second-order valence-corrected chi connectivity index (χ2v) is 4.36. The highest BCUT2D eigenvalue weighted by Crippen LogP contribution is 2.38. The van der Waals surface area contributed by atoms with Crippen molar-refractivity contribution in [3.05, 3.63) is 0 Å². The lowest BCUT2D eigenvalue weighted by Crippen LogP contribution is -2.52. The van der Waals surface area contributed by atoms with Gasteiger partial charge in [0.2, 0.25) is 0 Å². The molecule has 0 aromatic rings. The van der Waals surface area contributed by atoms with Crippen LogP contribution in [0, 0.1) is 5.41 Å². The highest BCUT2D eigenvalue weighted by Gasteiger charge is 2.40. The summed E-state index contributed by atoms with van der Waals surface area (Å²) in [4.78, 5) is 2.22. The lowest BCUT2D eigenvalue weighted by Gasteiger charge is -2.47. The number of nitrogens with zero attached hydrogens (tertiary/aromatic N) is 2. The molecule has 0 unspecified atom stereocenters. The number of likely N-dealkylation sites (tertiary alicyclic amines) is 1. The molecule has 0 aromatic heterocycles. The molecule has 0 bridgehead atoms. The van der Waals surface area contributed by atoms with Crippen LogP contribution in [0.5, 0.6) is 0 Å². The molecule has 80 valence electrons. The SMILES string of the molecule is N/C(CN1CCC2(CC1)COC2)=N\O. The zero-order valence-electron chi connectivity index (χ0n) is 8.28. The van der Waals surface area contributed by atoms with E-state index in [4.69, 9.17) is 15.7 Å². The van der Waals surface area contributed by atoms with Crippen molar-refractivity contribution in [1.29, 1.82) is 0 Å². The molecule has 0 radical (unpaired) electrons. The van der Waals surface area contributed by atoms with Gasteiger partial charge in [0.05, 0.1) is 19.8 Å². The maximum absolute atomic E-state index is 8.44. The molecule has 2 fully saturated rings. The fourth-order valence-corrected chi connectivity index (χ4v) is 2.13. The average molecular weight is 199 g/mol. The zero-order valence-corrected chi connectivity index (χ0v) is 8.28. The topological polar surface area (TPSA) is 71.1 Å². The van der Waals surface area contributed by atoms with Gasteiger partial charge in [0.15, 0.2) is 5.84 Å². The second kappa shape index (κ2) is 3.74. The molecule has 0 saturated carbocycles. The fourth-order valence-electron chi connectivity index (χ4n) is 2.13. The predicted molar refractivity (Wildman–Crippen MR) is 52.3 cm³/mol. The first-order valence-corrected chi connectivity index (χ1v) is 5.01. The minimum absolute atomic E-state index is 0.297. The van der Waals surface area contributed by atoms with Gasteiger partial charge in [0.1, 0.15) is 0 Å². The highest BCUT2D eigenvalue weighted by atomic mass is 16.5. The van der Waals surface area contributed by atoms with E-state index in [1.807, 2.05) is 0 Å². The molecule has 2 aliphatic heterocycles. The van der Waals surface area contributed by atoms with Gasteiger partial charge < -0.3 is 15.7 Å². The Morgan fingerprint density at radius 1 is 1.43 bits per heavy atom. The molecule has 3 N–H and O–H groups in total. The Bertz CT molecular complexity index is 228. The van der Waals surface area contributed by atoms with Gasteiger partial charge in [0.25, 0.3) is 0 Å². The van der Waals surface area contributed by atoms with E-state index in [-0.39, 0.29) is 0 Å². The summed E-state index contributed by atoms with van der Waals surface area (Å²) in [5, 5.41) is 11.4. The van der Waals surface area contributed by atoms with Crippen LogP contribution in [0.1, 0.15) is 12.8 Å². The standard InChI is InChI=1S/C9H17N3O2/c10-8(11-13)5-12-3-1-9(2-4-12)6-14-7-9/h13H,1-7H2,(H2,10,11). The van der Waals surface area contributed by atoms with Crippen molar-refractivity contribution in [3.8, 4) is 0 Å². The number of hydrogen-bond donors (Lipinski definition) is 2. The molecule has 2 rings (SSSR count). The molecule has 14 heavy (non-hydrogen) atoms. The summed E-state index contributed by atoms with van der Waals surface area (Å²) in [5.41, 5.74) is 5.91. The average Bonchev–Trinajstić information content (AvgIpc) is 2.16. The van der Waals surface area contributed by atoms with E-state index in [2.05, 4.69) is 10.1 Å². The first-order chi connectivity index (χ1) is 6.74. The van der Waals surface area contributed by atoms with Crippen LogP contribution in [0.2, 0.25) is 0 Å². The molecule has 2 saturated heterocycles. The third-order valence-corrected chi connectivity index (χ3v) is 3.25. The first kappa shape index (κ1) is 9.73. The summed E-state index contributed by atoms with van der Waals surface area (Å²) in [6.45, 7) is 4.47. The smallest absolute Gasteiger partial charge is 0.153 e. The Labute approximate surface area is 83.5 Å². The van der Waals surface area contributed by atoms with Crippen molar-refractivity contribution >= 4 is 5.84 Å². The van der Waals surface area contributed by atoms with Gasteiger partial charge in [-0.05, 0) is 25.9 Å². The normalized spacial score (nSPS) is 27.6. The van der Waals surface area contributed by atoms with Crippen LogP contribution >= 0.6 is 0 Å². The van der Waals surface area contributed by atoms with E-state index in [0.29, 0.717) is 17.8 Å². The van der Waals surface area contributed by atoms with Crippen LogP contribution < -0.4 is 5.73 Å². The molecule has 2 aliphatic rings. The fraction of sp³-hybridized carbons (Fsp3) is 0.889. The number of rotatable bonds is 2. The lowest BCUT2D eigenvalue weighted by molar-refractivity contribution is -0.138. The van der Waals surface area contributed by atoms with Gasteiger partial charge in [-0.2, -0.15) is 0 Å². The molecule has 1 spiro atoms. The molecular formula is C9H17N3O2. The summed E-state index contributed by atoms with van der Waals surface area (Å²) in [7, 11) is 0. The third-order valence-electron chi connectivity index (χ3n) is 3.25. The molecular weight excluding hydrogens is 182 g/mol. The van der Waals surface area contributed by atoms with Gasteiger partial charge in [-0.1, -0.05) is 5.16 Å². The maximum Gasteiger partial charge on any atom is 0.153 e. The van der Waals surface area contributed by atoms with E-state index in [0.717, 1.165) is 26.3 Å². The molecule has 0 aliphatic carbocycles. The first-order valence-electron chi connectivity index (χ1n) is 5.01. The van der Waals surface area contributed by atoms with Gasteiger partial charge in [0, 0.05) is 5.41 Å². The van der Waals surface area contributed by atoms with Gasteiger partial charge >= 0.3 is 0 Å². The molecule has 2 heterocycles. The maximum atomic E-state index is 8.44. The van der Waals surface area contributed by atoms with E-state index in [9.17, 15) is 0 Å². The highest BCUT2D eigenvalue weighted by molar-refractivity contribution is 5.81. The van der Waals surface area contributed by atoms with Gasteiger partial charge in [-0.25, -0.2) is 0 Å². The molecule has 0 amide bonds. The van der Waals surface area contributed by atoms with Crippen LogP contribution in [-0.2, 0) is 4.74 Å². The monoisotopic (exact) mass is 199 g/mol. The largest absolute Gasteiger partial charge is 0.409 e. The van der Waals surface area contributed by atoms with Crippen molar-refractivity contribution < 1.29 is 9.94 Å². The Balaban J connectivity index is 1.78. The third kappa shape index (κ3) is 1.83. The predicted octanol–water partition coefficient (Wildman–Crippen LogP) is -0.155. The van der Waals surface area contributed by atoms with Gasteiger partial charge in [-0.15, -0.1) is 0 Å². The summed E-state index contributed by atoms with van der Waals surface area (Å²) in [6.07, 6.45) is 2.34. The summed E-state index contributed by atoms with van der Waals surface area (Å²) in [6, 6.07) is 0. The number of oxime groups is 1. The van der Waals surface area contributed by atoms with Crippen LogP contribution in [0.4, 0.5) is 0 Å². The number of nitrogens with two attached hydrogens (primary N) is 1. The molecule has 0 aromatic carbocycles. The molecule has 0 atom stereocenters. The summed E-state index contributed by atoms with van der Waals surface area (Å²) < 4.78 is 5.25. The zero-order chi connectivity index (χ0) is 10.0. The van der Waals surface area contributed by atoms with Crippen molar-refractivity contribution in [2.24, 2.45) is 16.3 Å². The number of ether oxygens (including phenoxy) is 1. The Morgan fingerprint density at radius 2 is 2.07 bits per heavy atom. The van der Waals surface area contributed by atoms with E-state index in [1.54, 1.807) is 0 Å². The Kier molecular flexibility index (Phi) is 2.60. The van der Waals surface area contributed by atoms with Crippen LogP contribution in [0.15, 0.2) is 5.16 Å². The molecule has 5 heteroatoms. The van der Waals surface area contributed by atoms with E-state index < -0.39 is 0 Å².